The molecule has 1 unspecified atom stereocenters. The van der Waals surface area contributed by atoms with Crippen molar-refractivity contribution in [2.45, 2.75) is 23.2 Å². The van der Waals surface area contributed by atoms with Gasteiger partial charge in [0, 0.05) is 14.4 Å². The van der Waals surface area contributed by atoms with E-state index in [-0.39, 0.29) is 5.41 Å². The average Bonchev–Trinajstić information content (AvgIpc) is 2.99. The summed E-state index contributed by atoms with van der Waals surface area (Å²) in [7, 11) is 0. The van der Waals surface area contributed by atoms with Crippen molar-refractivity contribution in [1.29, 1.82) is 0 Å². The Morgan fingerprint density at radius 1 is 0.893 bits per heavy atom. The number of fused-ring (bicyclic) bond motifs is 8. The van der Waals surface area contributed by atoms with Gasteiger partial charge in [-0.2, -0.15) is 0 Å². The zero-order chi connectivity index (χ0) is 18.9. The Morgan fingerprint density at radius 2 is 1.71 bits per heavy atom. The second kappa shape index (κ2) is 6.13. The third-order valence-corrected chi connectivity index (χ3v) is 8.07. The average molecular weight is 464 g/mol. The summed E-state index contributed by atoms with van der Waals surface area (Å²) in [5.41, 5.74) is 7.93. The predicted octanol–water partition coefficient (Wildman–Crippen LogP) is 8.13. The molecular weight excluding hydrogens is 448 g/mol. The van der Waals surface area contributed by atoms with Gasteiger partial charge in [0.25, 0.3) is 0 Å². The molecule has 0 saturated carbocycles. The Kier molecular flexibility index (Phi) is 3.75. The number of rotatable bonds is 0. The molecule has 136 valence electrons. The van der Waals surface area contributed by atoms with Crippen LogP contribution < -0.4 is 0 Å². The summed E-state index contributed by atoms with van der Waals surface area (Å²) in [5.74, 6) is 0. The molecule has 3 aromatic carbocycles. The third kappa shape index (κ3) is 2.14. The highest BCUT2D eigenvalue weighted by molar-refractivity contribution is 9.10. The maximum Gasteiger partial charge on any atom is 0.0732 e. The van der Waals surface area contributed by atoms with Crippen molar-refractivity contribution < 1.29 is 0 Å². The monoisotopic (exact) mass is 462 g/mol. The molecule has 0 bridgehead atoms. The Morgan fingerprint density at radius 3 is 2.64 bits per heavy atom. The van der Waals surface area contributed by atoms with E-state index in [2.05, 4.69) is 82.7 Å². The Hall–Kier alpha value is -1.74. The molecule has 1 spiro atoms. The van der Waals surface area contributed by atoms with Crippen molar-refractivity contribution in [2.75, 3.05) is 0 Å². The Labute approximate surface area is 182 Å². The number of hydrogen-bond acceptors (Lipinski definition) is 1. The van der Waals surface area contributed by atoms with Gasteiger partial charge in [-0.05, 0) is 75.4 Å². The molecule has 1 atom stereocenters. The molecule has 0 N–H and O–H groups in total. The smallest absolute Gasteiger partial charge is 0.0732 e. The number of thioether (sulfide) groups is 1. The lowest BCUT2D eigenvalue weighted by Gasteiger charge is -2.41. The summed E-state index contributed by atoms with van der Waals surface area (Å²) in [4.78, 5) is 2.76. The molecule has 0 fully saturated rings. The van der Waals surface area contributed by atoms with Crippen molar-refractivity contribution in [2.24, 2.45) is 0 Å². The first kappa shape index (κ1) is 17.1. The van der Waals surface area contributed by atoms with Gasteiger partial charge in [-0.15, -0.1) is 0 Å². The van der Waals surface area contributed by atoms with Crippen molar-refractivity contribution in [1.82, 2.24) is 0 Å². The van der Waals surface area contributed by atoms with Crippen LogP contribution in [0.3, 0.4) is 0 Å². The summed E-state index contributed by atoms with van der Waals surface area (Å²) in [6, 6.07) is 22.1. The maximum atomic E-state index is 6.42. The Balaban J connectivity index is 1.82. The van der Waals surface area contributed by atoms with Gasteiger partial charge in [0.1, 0.15) is 0 Å². The highest BCUT2D eigenvalue weighted by atomic mass is 79.9. The van der Waals surface area contributed by atoms with Crippen molar-refractivity contribution >= 4 is 39.3 Å². The van der Waals surface area contributed by atoms with Gasteiger partial charge < -0.3 is 0 Å². The molecule has 28 heavy (non-hydrogen) atoms. The molecule has 1 heterocycles. The van der Waals surface area contributed by atoms with E-state index >= 15 is 0 Å². The Bertz CT molecular complexity index is 1220. The van der Waals surface area contributed by atoms with E-state index in [1.807, 2.05) is 17.8 Å². The van der Waals surface area contributed by atoms with Gasteiger partial charge in [0.2, 0.25) is 0 Å². The van der Waals surface area contributed by atoms with Crippen LogP contribution in [0.2, 0.25) is 5.02 Å². The zero-order valence-electron chi connectivity index (χ0n) is 15.0. The SMILES string of the molecule is Clc1ccc2c(c1)SC1=C(C=CCC1)C21c2ccccc2-c2cc(Br)ccc21. The predicted molar refractivity (Wildman–Crippen MR) is 122 cm³/mol. The van der Waals surface area contributed by atoms with Gasteiger partial charge in [0.05, 0.1) is 5.41 Å². The van der Waals surface area contributed by atoms with E-state index in [0.717, 1.165) is 22.3 Å². The van der Waals surface area contributed by atoms with Crippen LogP contribution >= 0.6 is 39.3 Å². The van der Waals surface area contributed by atoms with Crippen LogP contribution in [0, 0.1) is 0 Å². The van der Waals surface area contributed by atoms with Crippen LogP contribution in [0.1, 0.15) is 29.5 Å². The molecule has 0 radical (unpaired) electrons. The second-order valence-electron chi connectivity index (χ2n) is 7.51. The summed E-state index contributed by atoms with van der Waals surface area (Å²) in [6.07, 6.45) is 6.91. The first-order valence-corrected chi connectivity index (χ1v) is 11.5. The quantitative estimate of drug-likeness (QED) is 0.324. The van der Waals surface area contributed by atoms with Crippen LogP contribution in [-0.2, 0) is 5.41 Å². The standard InChI is InChI=1S/C25H16BrClS/c26-15-9-11-20-18(13-15)17-5-1-2-6-19(17)25(20)21-7-3-4-8-23(21)28-24-14-16(27)10-12-22(24)25/h1-3,5-7,9-14H,4,8H2. The van der Waals surface area contributed by atoms with Gasteiger partial charge in [0.15, 0.2) is 0 Å². The van der Waals surface area contributed by atoms with Crippen LogP contribution in [0.5, 0.6) is 0 Å². The van der Waals surface area contributed by atoms with Gasteiger partial charge in [-0.25, -0.2) is 0 Å². The number of allylic oxidation sites excluding steroid dienone is 4. The highest BCUT2D eigenvalue weighted by Crippen LogP contribution is 2.63. The second-order valence-corrected chi connectivity index (χ2v) is 9.99. The van der Waals surface area contributed by atoms with Crippen molar-refractivity contribution in [3.05, 3.63) is 109 Å². The lowest BCUT2D eigenvalue weighted by atomic mass is 9.66. The van der Waals surface area contributed by atoms with Gasteiger partial charge in [-0.3, -0.25) is 0 Å². The lowest BCUT2D eigenvalue weighted by Crippen LogP contribution is -2.33. The fourth-order valence-corrected chi connectivity index (χ4v) is 7.02. The number of halogens is 2. The summed E-state index contributed by atoms with van der Waals surface area (Å²) in [6.45, 7) is 0. The van der Waals surface area contributed by atoms with Crippen LogP contribution in [-0.4, -0.2) is 0 Å². The van der Waals surface area contributed by atoms with E-state index in [4.69, 9.17) is 11.6 Å². The van der Waals surface area contributed by atoms with Crippen molar-refractivity contribution in [3.8, 4) is 11.1 Å². The highest BCUT2D eigenvalue weighted by Gasteiger charge is 2.50. The molecule has 0 nitrogen and oxygen atoms in total. The topological polar surface area (TPSA) is 0 Å². The minimum atomic E-state index is -0.260. The minimum absolute atomic E-state index is 0.260. The van der Waals surface area contributed by atoms with Crippen LogP contribution in [0.25, 0.3) is 11.1 Å². The summed E-state index contributed by atoms with van der Waals surface area (Å²) in [5, 5.41) is 0.805. The number of hydrogen-bond donors (Lipinski definition) is 0. The van der Waals surface area contributed by atoms with Gasteiger partial charge >= 0.3 is 0 Å². The molecule has 0 saturated heterocycles. The third-order valence-electron chi connectivity index (χ3n) is 6.11. The molecule has 0 aromatic heterocycles. The first-order valence-electron chi connectivity index (χ1n) is 9.47. The fourth-order valence-electron chi connectivity index (χ4n) is 5.09. The summed E-state index contributed by atoms with van der Waals surface area (Å²) < 4.78 is 1.12. The molecule has 3 heteroatoms. The molecule has 6 rings (SSSR count). The minimum Gasteiger partial charge on any atom is -0.0938 e. The van der Waals surface area contributed by atoms with Crippen LogP contribution in [0.15, 0.2) is 92.7 Å². The molecule has 0 amide bonds. The van der Waals surface area contributed by atoms with Gasteiger partial charge in [-0.1, -0.05) is 87.8 Å². The van der Waals surface area contributed by atoms with E-state index in [0.29, 0.717) is 0 Å². The maximum absolute atomic E-state index is 6.42. The van der Waals surface area contributed by atoms with Crippen molar-refractivity contribution in [3.63, 3.8) is 0 Å². The van der Waals surface area contributed by atoms with E-state index < -0.39 is 0 Å². The van der Waals surface area contributed by atoms with E-state index in [1.165, 1.54) is 43.2 Å². The lowest BCUT2D eigenvalue weighted by molar-refractivity contribution is 0.723. The van der Waals surface area contributed by atoms with E-state index in [9.17, 15) is 0 Å². The zero-order valence-corrected chi connectivity index (χ0v) is 18.2. The summed E-state index contributed by atoms with van der Waals surface area (Å²) >= 11 is 12.0. The van der Waals surface area contributed by atoms with E-state index in [1.54, 1.807) is 0 Å². The molecule has 1 aliphatic heterocycles. The largest absolute Gasteiger partial charge is 0.0938 e. The molecule has 3 aliphatic rings. The molecular formula is C25H16BrClS. The van der Waals surface area contributed by atoms with Crippen LogP contribution in [0.4, 0.5) is 0 Å². The molecule has 2 aliphatic carbocycles. The normalized spacial score (nSPS) is 21.4. The first-order chi connectivity index (χ1) is 13.7. The fraction of sp³-hybridized carbons (Fsp3) is 0.120. The number of benzene rings is 3. The molecule has 3 aromatic rings.